The van der Waals surface area contributed by atoms with Gasteiger partial charge in [0.05, 0.1) is 18.8 Å². The monoisotopic (exact) mass is 970 g/mol. The Labute approximate surface area is 429 Å². The van der Waals surface area contributed by atoms with Gasteiger partial charge in [-0.25, -0.2) is 0 Å². The molecule has 0 saturated carbocycles. The number of aliphatic hydroxyl groups excluding tert-OH is 4. The summed E-state index contributed by atoms with van der Waals surface area (Å²) in [6.45, 7) is 4.02. The topological polar surface area (TPSA) is 110 Å². The highest BCUT2D eigenvalue weighted by Crippen LogP contribution is 2.18. The normalized spacial score (nSPS) is 14.0. The fourth-order valence-electron chi connectivity index (χ4n) is 9.42. The van der Waals surface area contributed by atoms with Crippen molar-refractivity contribution >= 4 is 5.91 Å². The van der Waals surface area contributed by atoms with Gasteiger partial charge in [-0.3, -0.25) is 4.79 Å². The van der Waals surface area contributed by atoms with Crippen molar-refractivity contribution < 1.29 is 25.2 Å². The van der Waals surface area contributed by atoms with Gasteiger partial charge < -0.3 is 25.7 Å². The van der Waals surface area contributed by atoms with Crippen molar-refractivity contribution in [1.29, 1.82) is 0 Å². The number of carbonyl (C=O) groups excluding carboxylic acids is 1. The Morgan fingerprint density at radius 3 is 0.957 bits per heavy atom. The van der Waals surface area contributed by atoms with E-state index in [1.165, 1.54) is 231 Å². The zero-order valence-corrected chi connectivity index (χ0v) is 46.1. The standard InChI is InChI=1S/C63H119NO5/c1-3-5-7-9-11-13-15-17-19-20-21-22-23-24-25-26-27-28-29-30-31-32-33-34-35-36-37-38-39-40-41-43-45-47-49-51-53-55-57-61(67)63(69)64-59(58-65)62(68)60(66)56-54-52-50-48-46-44-42-18-16-14-12-10-8-6-4-2/h10,12,18,30-31,42,48,50,59-62,65-68H,3-9,11,13-17,19-29,32-41,43-47,49,51-58H2,1-2H3,(H,64,69)/b12-10+,31-30-,42-18+,50-48+. The molecule has 0 aromatic carbocycles. The lowest BCUT2D eigenvalue weighted by Gasteiger charge is -2.27. The predicted octanol–water partition coefficient (Wildman–Crippen LogP) is 18.1. The maximum Gasteiger partial charge on any atom is 0.249 e. The van der Waals surface area contributed by atoms with Gasteiger partial charge in [0.2, 0.25) is 5.91 Å². The molecule has 0 spiro atoms. The molecule has 0 fully saturated rings. The first-order valence-corrected chi connectivity index (χ1v) is 30.5. The van der Waals surface area contributed by atoms with Crippen LogP contribution in [0.25, 0.3) is 0 Å². The van der Waals surface area contributed by atoms with Crippen LogP contribution in [0.1, 0.15) is 316 Å². The minimum Gasteiger partial charge on any atom is -0.394 e. The van der Waals surface area contributed by atoms with E-state index in [1.54, 1.807) is 0 Å². The molecule has 0 heterocycles. The van der Waals surface area contributed by atoms with Gasteiger partial charge >= 0.3 is 0 Å². The number of unbranched alkanes of at least 4 members (excludes halogenated alkanes) is 39. The second-order valence-electron chi connectivity index (χ2n) is 21.0. The Morgan fingerprint density at radius 1 is 0.348 bits per heavy atom. The molecule has 4 unspecified atom stereocenters. The first-order valence-electron chi connectivity index (χ1n) is 30.5. The SMILES string of the molecule is CCCC/C=C/CC/C=C/CC/C=C/CCCC(O)C(O)C(CO)NC(=O)C(O)CCCCCCCCCCCCCCCCCC/C=C\CCCCCCCCCCCCCCCCCCCC. The van der Waals surface area contributed by atoms with Crippen LogP contribution in [0.4, 0.5) is 0 Å². The molecular formula is C63H119NO5. The summed E-state index contributed by atoms with van der Waals surface area (Å²) in [6, 6.07) is -1.01. The summed E-state index contributed by atoms with van der Waals surface area (Å²) in [7, 11) is 0. The molecule has 0 aliphatic rings. The second-order valence-corrected chi connectivity index (χ2v) is 21.0. The molecule has 6 heteroatoms. The minimum absolute atomic E-state index is 0.359. The van der Waals surface area contributed by atoms with Crippen molar-refractivity contribution in [3.63, 3.8) is 0 Å². The van der Waals surface area contributed by atoms with E-state index in [0.29, 0.717) is 19.3 Å². The molecule has 69 heavy (non-hydrogen) atoms. The van der Waals surface area contributed by atoms with Crippen LogP contribution in [0.3, 0.4) is 0 Å². The van der Waals surface area contributed by atoms with Crippen LogP contribution in [0.2, 0.25) is 0 Å². The molecule has 0 bridgehead atoms. The number of hydrogen-bond acceptors (Lipinski definition) is 5. The lowest BCUT2D eigenvalue weighted by atomic mass is 10.00. The first kappa shape index (κ1) is 67.3. The number of aliphatic hydroxyl groups is 4. The summed E-state index contributed by atoms with van der Waals surface area (Å²) < 4.78 is 0. The molecule has 0 aliphatic heterocycles. The maximum absolute atomic E-state index is 12.6. The van der Waals surface area contributed by atoms with Gasteiger partial charge in [0.15, 0.2) is 0 Å². The van der Waals surface area contributed by atoms with Crippen molar-refractivity contribution in [2.24, 2.45) is 0 Å². The van der Waals surface area contributed by atoms with Gasteiger partial charge in [-0.05, 0) is 83.5 Å². The minimum atomic E-state index is -1.29. The van der Waals surface area contributed by atoms with Gasteiger partial charge in [-0.15, -0.1) is 0 Å². The highest BCUT2D eigenvalue weighted by atomic mass is 16.3. The summed E-state index contributed by atoms with van der Waals surface area (Å²) >= 11 is 0. The number of hydrogen-bond donors (Lipinski definition) is 5. The Balaban J connectivity index is 3.54. The number of nitrogens with one attached hydrogen (secondary N) is 1. The molecule has 6 nitrogen and oxygen atoms in total. The third-order valence-electron chi connectivity index (χ3n) is 14.2. The molecular weight excluding hydrogens is 851 g/mol. The van der Waals surface area contributed by atoms with E-state index in [0.717, 1.165) is 51.4 Å². The van der Waals surface area contributed by atoms with Crippen molar-refractivity contribution in [2.45, 2.75) is 340 Å². The fourth-order valence-corrected chi connectivity index (χ4v) is 9.42. The van der Waals surface area contributed by atoms with E-state index >= 15 is 0 Å². The predicted molar refractivity (Wildman–Crippen MR) is 302 cm³/mol. The van der Waals surface area contributed by atoms with E-state index in [2.05, 4.69) is 67.8 Å². The van der Waals surface area contributed by atoms with Crippen LogP contribution in [0, 0.1) is 0 Å². The average Bonchev–Trinajstić information content (AvgIpc) is 3.35. The zero-order valence-electron chi connectivity index (χ0n) is 46.1. The zero-order chi connectivity index (χ0) is 50.2. The van der Waals surface area contributed by atoms with Crippen molar-refractivity contribution in [3.05, 3.63) is 48.6 Å². The van der Waals surface area contributed by atoms with Crippen LogP contribution in [0.15, 0.2) is 48.6 Å². The lowest BCUT2D eigenvalue weighted by molar-refractivity contribution is -0.132. The van der Waals surface area contributed by atoms with Crippen LogP contribution >= 0.6 is 0 Å². The van der Waals surface area contributed by atoms with E-state index in [9.17, 15) is 25.2 Å². The molecule has 0 aliphatic carbocycles. The summed E-state index contributed by atoms with van der Waals surface area (Å²) in [5.74, 6) is -0.597. The van der Waals surface area contributed by atoms with Crippen LogP contribution in [-0.4, -0.2) is 57.3 Å². The van der Waals surface area contributed by atoms with E-state index in [-0.39, 0.29) is 0 Å². The Morgan fingerprint density at radius 2 is 0.623 bits per heavy atom. The largest absolute Gasteiger partial charge is 0.394 e. The van der Waals surface area contributed by atoms with Crippen molar-refractivity contribution in [1.82, 2.24) is 5.32 Å². The molecule has 0 rings (SSSR count). The third kappa shape index (κ3) is 51.0. The van der Waals surface area contributed by atoms with Crippen molar-refractivity contribution in [2.75, 3.05) is 6.61 Å². The van der Waals surface area contributed by atoms with Gasteiger partial charge in [-0.2, -0.15) is 0 Å². The number of rotatable bonds is 56. The molecule has 1 amide bonds. The fraction of sp³-hybridized carbons (Fsp3) is 0.857. The number of allylic oxidation sites excluding steroid dienone is 8. The molecule has 0 saturated heterocycles. The second kappa shape index (κ2) is 57.2. The summed E-state index contributed by atoms with van der Waals surface area (Å²) in [5.41, 5.74) is 0. The average molecular weight is 971 g/mol. The third-order valence-corrected chi connectivity index (χ3v) is 14.2. The number of amides is 1. The van der Waals surface area contributed by atoms with Crippen LogP contribution in [-0.2, 0) is 4.79 Å². The highest BCUT2D eigenvalue weighted by Gasteiger charge is 2.28. The molecule has 4 atom stereocenters. The summed E-state index contributed by atoms with van der Waals surface area (Å²) in [4.78, 5) is 12.6. The van der Waals surface area contributed by atoms with Gasteiger partial charge in [0, 0.05) is 0 Å². The lowest BCUT2D eigenvalue weighted by Crippen LogP contribution is -2.53. The molecule has 406 valence electrons. The first-order chi connectivity index (χ1) is 34.0. The van der Waals surface area contributed by atoms with E-state index < -0.39 is 36.9 Å². The molecule has 0 aromatic heterocycles. The van der Waals surface area contributed by atoms with E-state index in [1.807, 2.05) is 0 Å². The Hall–Kier alpha value is -1.73. The van der Waals surface area contributed by atoms with Gasteiger partial charge in [-0.1, -0.05) is 281 Å². The van der Waals surface area contributed by atoms with Gasteiger partial charge in [0.1, 0.15) is 12.2 Å². The summed E-state index contributed by atoms with van der Waals surface area (Å²) in [5, 5.41) is 43.9. The molecule has 5 N–H and O–H groups in total. The van der Waals surface area contributed by atoms with Crippen LogP contribution < -0.4 is 5.32 Å². The maximum atomic E-state index is 12.6. The van der Waals surface area contributed by atoms with Gasteiger partial charge in [0.25, 0.3) is 0 Å². The Kier molecular flexibility index (Phi) is 55.7. The highest BCUT2D eigenvalue weighted by molar-refractivity contribution is 5.80. The smallest absolute Gasteiger partial charge is 0.249 e. The summed E-state index contributed by atoms with van der Waals surface area (Å²) in [6.07, 6.45) is 73.6. The van der Waals surface area contributed by atoms with Crippen LogP contribution in [0.5, 0.6) is 0 Å². The Bertz CT molecular complexity index is 1130. The molecule has 0 aromatic rings. The number of carbonyl (C=O) groups is 1. The van der Waals surface area contributed by atoms with Crippen molar-refractivity contribution in [3.8, 4) is 0 Å². The quantitative estimate of drug-likeness (QED) is 0.0308. The van der Waals surface area contributed by atoms with E-state index in [4.69, 9.17) is 0 Å². The molecule has 0 radical (unpaired) electrons.